The molecule has 6 heteroatoms. The van der Waals surface area contributed by atoms with Gasteiger partial charge in [-0.15, -0.1) is 11.3 Å². The molecule has 78 valence electrons. The van der Waals surface area contributed by atoms with Crippen molar-refractivity contribution < 1.29 is 8.42 Å². The fourth-order valence-electron chi connectivity index (χ4n) is 1.37. The Kier molecular flexibility index (Phi) is 2.61. The van der Waals surface area contributed by atoms with E-state index in [9.17, 15) is 8.42 Å². The zero-order valence-electron chi connectivity index (χ0n) is 7.64. The molecule has 2 N–H and O–H groups in total. The van der Waals surface area contributed by atoms with E-state index in [1.807, 2.05) is 0 Å². The van der Waals surface area contributed by atoms with Crippen molar-refractivity contribution in [3.8, 4) is 0 Å². The van der Waals surface area contributed by atoms with Crippen LogP contribution < -0.4 is 5.73 Å². The van der Waals surface area contributed by atoms with Crippen LogP contribution >= 0.6 is 11.3 Å². The van der Waals surface area contributed by atoms with Gasteiger partial charge in [-0.25, -0.2) is 8.42 Å². The number of thiophene rings is 1. The van der Waals surface area contributed by atoms with E-state index in [0.29, 0.717) is 24.5 Å². The van der Waals surface area contributed by atoms with Gasteiger partial charge in [0.1, 0.15) is 0 Å². The Hall–Kier alpha value is -0.430. The van der Waals surface area contributed by atoms with Crippen molar-refractivity contribution in [3.63, 3.8) is 0 Å². The molecule has 0 aromatic carbocycles. The smallest absolute Gasteiger partial charge is 0.244 e. The molecule has 2 rings (SSSR count). The normalized spacial score (nSPS) is 18.1. The van der Waals surface area contributed by atoms with Gasteiger partial charge in [0.2, 0.25) is 10.0 Å². The molecule has 0 atom stereocenters. The number of hydrogen-bond acceptors (Lipinski definition) is 4. The quantitative estimate of drug-likeness (QED) is 0.830. The van der Waals surface area contributed by atoms with Gasteiger partial charge in [-0.3, -0.25) is 0 Å². The second-order valence-electron chi connectivity index (χ2n) is 3.17. The number of nitrogens with zero attached hydrogens (tertiary/aromatic N) is 1. The summed E-state index contributed by atoms with van der Waals surface area (Å²) >= 11 is 1.40. The molecule has 1 aliphatic rings. The molecule has 1 aliphatic heterocycles. The SMILES string of the molecule is NCc1sccc1S(=O)(=O)N1CCC1. The van der Waals surface area contributed by atoms with E-state index in [0.717, 1.165) is 11.3 Å². The summed E-state index contributed by atoms with van der Waals surface area (Å²) in [4.78, 5) is 1.14. The average molecular weight is 232 g/mol. The molecule has 2 heterocycles. The van der Waals surface area contributed by atoms with Gasteiger partial charge in [0.05, 0.1) is 4.90 Å². The second kappa shape index (κ2) is 3.62. The van der Waals surface area contributed by atoms with Crippen molar-refractivity contribution in [1.82, 2.24) is 4.31 Å². The summed E-state index contributed by atoms with van der Waals surface area (Å²) in [5.74, 6) is 0. The largest absolute Gasteiger partial charge is 0.326 e. The predicted octanol–water partition coefficient (Wildman–Crippen LogP) is 0.601. The molecule has 0 amide bonds. The first kappa shape index (κ1) is 10.1. The van der Waals surface area contributed by atoms with Crippen molar-refractivity contribution in [2.24, 2.45) is 5.73 Å². The summed E-state index contributed by atoms with van der Waals surface area (Å²) in [6.07, 6.45) is 0.960. The Morgan fingerprint density at radius 2 is 2.21 bits per heavy atom. The fraction of sp³-hybridized carbons (Fsp3) is 0.500. The lowest BCUT2D eigenvalue weighted by molar-refractivity contribution is 0.309. The minimum atomic E-state index is -3.24. The fourth-order valence-corrected chi connectivity index (χ4v) is 4.20. The molecule has 0 bridgehead atoms. The van der Waals surface area contributed by atoms with Crippen LogP contribution in [0.4, 0.5) is 0 Å². The Bertz CT molecular complexity index is 420. The van der Waals surface area contributed by atoms with Gasteiger partial charge in [0.15, 0.2) is 0 Å². The van der Waals surface area contributed by atoms with Crippen molar-refractivity contribution in [3.05, 3.63) is 16.3 Å². The molecule has 0 spiro atoms. The molecular weight excluding hydrogens is 220 g/mol. The van der Waals surface area contributed by atoms with Gasteiger partial charge in [-0.1, -0.05) is 0 Å². The highest BCUT2D eigenvalue weighted by molar-refractivity contribution is 7.89. The van der Waals surface area contributed by atoms with Crippen LogP contribution in [-0.2, 0) is 16.6 Å². The highest BCUT2D eigenvalue weighted by atomic mass is 32.2. The molecule has 1 saturated heterocycles. The monoisotopic (exact) mass is 232 g/mol. The van der Waals surface area contributed by atoms with E-state index >= 15 is 0 Å². The van der Waals surface area contributed by atoms with Crippen LogP contribution in [0, 0.1) is 0 Å². The summed E-state index contributed by atoms with van der Waals surface area (Å²) in [6.45, 7) is 1.57. The van der Waals surface area contributed by atoms with Gasteiger partial charge >= 0.3 is 0 Å². The Balaban J connectivity index is 2.38. The van der Waals surface area contributed by atoms with Gasteiger partial charge in [-0.05, 0) is 17.9 Å². The van der Waals surface area contributed by atoms with Crippen LogP contribution in [0.1, 0.15) is 11.3 Å². The summed E-state index contributed by atoms with van der Waals surface area (Å²) in [5.41, 5.74) is 5.48. The molecule has 14 heavy (non-hydrogen) atoms. The first-order valence-electron chi connectivity index (χ1n) is 4.43. The minimum Gasteiger partial charge on any atom is -0.326 e. The van der Waals surface area contributed by atoms with E-state index < -0.39 is 10.0 Å². The molecule has 0 unspecified atom stereocenters. The maximum Gasteiger partial charge on any atom is 0.244 e. The summed E-state index contributed by atoms with van der Waals surface area (Å²) < 4.78 is 25.4. The summed E-state index contributed by atoms with van der Waals surface area (Å²) in [5, 5.41) is 1.77. The van der Waals surface area contributed by atoms with Crippen molar-refractivity contribution in [2.75, 3.05) is 13.1 Å². The van der Waals surface area contributed by atoms with E-state index in [2.05, 4.69) is 0 Å². The Morgan fingerprint density at radius 1 is 1.50 bits per heavy atom. The van der Waals surface area contributed by atoms with Gasteiger partial charge < -0.3 is 5.73 Å². The second-order valence-corrected chi connectivity index (χ2v) is 6.08. The van der Waals surface area contributed by atoms with Crippen molar-refractivity contribution in [2.45, 2.75) is 17.9 Å². The average Bonchev–Trinajstić information content (AvgIpc) is 2.46. The van der Waals surface area contributed by atoms with Gasteiger partial charge in [-0.2, -0.15) is 4.31 Å². The van der Waals surface area contributed by atoms with E-state index in [1.54, 1.807) is 11.4 Å². The first-order chi connectivity index (χ1) is 6.66. The lowest BCUT2D eigenvalue weighted by Gasteiger charge is -2.29. The van der Waals surface area contributed by atoms with Gasteiger partial charge in [0.25, 0.3) is 0 Å². The minimum absolute atomic E-state index is 0.292. The molecule has 0 aliphatic carbocycles. The molecule has 4 nitrogen and oxygen atoms in total. The van der Waals surface area contributed by atoms with Crippen LogP contribution in [0.3, 0.4) is 0 Å². The van der Waals surface area contributed by atoms with E-state index in [1.165, 1.54) is 15.6 Å². The number of nitrogens with two attached hydrogens (primary N) is 1. The number of sulfonamides is 1. The highest BCUT2D eigenvalue weighted by Gasteiger charge is 2.31. The zero-order valence-corrected chi connectivity index (χ0v) is 9.27. The number of hydrogen-bond donors (Lipinski definition) is 1. The lowest BCUT2D eigenvalue weighted by atomic mass is 10.3. The first-order valence-corrected chi connectivity index (χ1v) is 6.75. The highest BCUT2D eigenvalue weighted by Crippen LogP contribution is 2.27. The zero-order chi connectivity index (χ0) is 10.2. The standard InChI is InChI=1S/C8H12N2O2S2/c9-6-7-8(2-5-13-7)14(11,12)10-3-1-4-10/h2,5H,1,3-4,6,9H2. The Labute approximate surface area is 87.4 Å². The predicted molar refractivity (Wildman–Crippen MR) is 55.6 cm³/mol. The third-order valence-electron chi connectivity index (χ3n) is 2.32. The van der Waals surface area contributed by atoms with Crippen LogP contribution in [0.2, 0.25) is 0 Å². The van der Waals surface area contributed by atoms with Crippen LogP contribution in [0.25, 0.3) is 0 Å². The van der Waals surface area contributed by atoms with Crippen molar-refractivity contribution >= 4 is 21.4 Å². The Morgan fingerprint density at radius 3 is 2.71 bits per heavy atom. The van der Waals surface area contributed by atoms with Crippen LogP contribution in [0.5, 0.6) is 0 Å². The molecule has 0 saturated carbocycles. The molecular formula is C8H12N2O2S2. The third-order valence-corrected chi connectivity index (χ3v) is 5.38. The van der Waals surface area contributed by atoms with Crippen LogP contribution in [-0.4, -0.2) is 25.8 Å². The lowest BCUT2D eigenvalue weighted by Crippen LogP contribution is -2.42. The maximum atomic E-state index is 11.9. The summed E-state index contributed by atoms with van der Waals surface area (Å²) in [7, 11) is -3.24. The third kappa shape index (κ3) is 1.48. The van der Waals surface area contributed by atoms with Crippen LogP contribution in [0.15, 0.2) is 16.3 Å². The maximum absolute atomic E-state index is 11.9. The molecule has 1 fully saturated rings. The topological polar surface area (TPSA) is 63.4 Å². The summed E-state index contributed by atoms with van der Waals surface area (Å²) in [6, 6.07) is 1.64. The van der Waals surface area contributed by atoms with E-state index in [4.69, 9.17) is 5.73 Å². The molecule has 0 radical (unpaired) electrons. The molecule has 1 aromatic rings. The van der Waals surface area contributed by atoms with Gasteiger partial charge in [0, 0.05) is 24.5 Å². The number of rotatable bonds is 3. The van der Waals surface area contributed by atoms with E-state index in [-0.39, 0.29) is 0 Å². The van der Waals surface area contributed by atoms with Crippen molar-refractivity contribution in [1.29, 1.82) is 0 Å². The molecule has 1 aromatic heterocycles.